The van der Waals surface area contributed by atoms with E-state index < -0.39 is 35.5 Å². The largest absolute Gasteiger partial charge is 0.478 e. The van der Waals surface area contributed by atoms with Gasteiger partial charge in [0.2, 0.25) is 29.5 Å². The average molecular weight is 1910 g/mol. The number of rotatable bonds is 11. The number of carbonyl (C=O) groups excluding carboxylic acids is 13. The lowest BCUT2D eigenvalue weighted by molar-refractivity contribution is -0.132. The van der Waals surface area contributed by atoms with Gasteiger partial charge in [0.1, 0.15) is 11.6 Å². The number of pyridine rings is 1. The number of aromatic nitrogens is 1. The van der Waals surface area contributed by atoms with E-state index in [0.717, 1.165) is 66.9 Å². The zero-order chi connectivity index (χ0) is 100. The molecule has 0 aliphatic carbocycles. The van der Waals surface area contributed by atoms with Gasteiger partial charge in [-0.2, -0.15) is 0 Å². The van der Waals surface area contributed by atoms with Crippen molar-refractivity contribution >= 4 is 118 Å². The lowest BCUT2D eigenvalue weighted by atomic mass is 9.92. The van der Waals surface area contributed by atoms with Crippen LogP contribution in [-0.2, 0) is 97.6 Å². The Balaban J connectivity index is 0.000000166. The number of nitrogens with zero attached hydrogens (tertiary/aromatic N) is 10. The van der Waals surface area contributed by atoms with Crippen LogP contribution in [0.15, 0.2) is 158 Å². The first kappa shape index (κ1) is 104. The van der Waals surface area contributed by atoms with Crippen molar-refractivity contribution in [3.05, 3.63) is 296 Å². The Hall–Kier alpha value is -14.5. The number of urea groups is 2. The number of esters is 6. The molecule has 7 aliphatic heterocycles. The molecule has 716 valence electrons. The highest BCUT2D eigenvalue weighted by atomic mass is 35.5. The molecule has 1 aromatic heterocycles. The summed E-state index contributed by atoms with van der Waals surface area (Å²) in [7, 11) is 20.2. The Morgan fingerprint density at radius 1 is 0.331 bits per heavy atom. The number of carboxylic acids is 1. The number of hydrogen-bond acceptors (Lipinski definition) is 21. The molecule has 2 unspecified atom stereocenters. The third-order valence-corrected chi connectivity index (χ3v) is 26.4. The number of likely N-dealkylation sites (N-methyl/N-ethyl adjacent to an activating group) is 5. The first-order chi connectivity index (χ1) is 64.4. The van der Waals surface area contributed by atoms with Crippen molar-refractivity contribution in [3.8, 4) is 0 Å². The fourth-order valence-corrected chi connectivity index (χ4v) is 16.9. The van der Waals surface area contributed by atoms with Gasteiger partial charge in [-0.05, 0) is 213 Å². The quantitative estimate of drug-likeness (QED) is 0.0928. The van der Waals surface area contributed by atoms with Crippen LogP contribution in [-0.4, -0.2) is 220 Å². The summed E-state index contributed by atoms with van der Waals surface area (Å²) in [6, 6.07) is 40.8. The van der Waals surface area contributed by atoms with E-state index in [9.17, 15) is 75.9 Å². The highest BCUT2D eigenvalue weighted by Gasteiger charge is 2.39. The Bertz CT molecular complexity index is 5670. The smallest absolute Gasteiger partial charge is 0.339 e. The van der Waals surface area contributed by atoms with Crippen LogP contribution in [0.5, 0.6) is 0 Å². The minimum Gasteiger partial charge on any atom is -0.478 e. The van der Waals surface area contributed by atoms with Crippen molar-refractivity contribution in [1.29, 1.82) is 0 Å². The molecule has 9 aromatic rings. The first-order valence-corrected chi connectivity index (χ1v) is 43.9. The van der Waals surface area contributed by atoms with Crippen LogP contribution in [0, 0.1) is 11.6 Å². The summed E-state index contributed by atoms with van der Waals surface area (Å²) in [5.41, 5.74) is 15.6. The van der Waals surface area contributed by atoms with Crippen LogP contribution in [0.4, 0.5) is 29.7 Å². The molecule has 0 bridgehead atoms. The van der Waals surface area contributed by atoms with Gasteiger partial charge in [-0.15, -0.1) is 0 Å². The number of halogens is 4. The van der Waals surface area contributed by atoms with Crippen molar-refractivity contribution in [1.82, 2.24) is 39.3 Å². The summed E-state index contributed by atoms with van der Waals surface area (Å²) in [6.45, 7) is 13.5. The van der Waals surface area contributed by atoms with Gasteiger partial charge in [0.25, 0.3) is 0 Å². The Kier molecular flexibility index (Phi) is 34.0. The third kappa shape index (κ3) is 22.6. The molecule has 9 amide bonds. The van der Waals surface area contributed by atoms with E-state index >= 15 is 0 Å². The molecule has 0 saturated heterocycles. The number of methoxy groups -OCH3 is 6. The molecule has 35 heteroatoms. The Morgan fingerprint density at radius 3 is 0.860 bits per heavy atom. The molecule has 31 nitrogen and oxygen atoms in total. The second-order valence-corrected chi connectivity index (χ2v) is 34.0. The molecule has 0 spiro atoms. The minimum absolute atomic E-state index is 0.0131. The van der Waals surface area contributed by atoms with Crippen molar-refractivity contribution in [2.75, 3.05) is 102 Å². The van der Waals surface area contributed by atoms with E-state index in [1.807, 2.05) is 66.7 Å². The van der Waals surface area contributed by atoms with E-state index in [4.69, 9.17) is 37.8 Å². The standard InChI is InChI=1S/2C19H18ClFN2O3.3C13H15NO3.C12H14N2O3.C12H13NO3/c2*1-11-13-8-7-12(18(24)26-3)9-17(13)23(19(25)22(11)2)10-14-15(20)5-4-6-16(14)21;3*1-8-11-5-4-9(13(16)17-3)6-10(11)7-12(15)14(8)2;1-7-11-8(5-10(15)14(7)2)4-9(6-13-11)12(16)17-3;1-7-10-4-3-8(12(15)16)5-9(10)6-11(14)13(7)2/h2*4-9,11H,10H2,1-3H3;3*4-6,8H,7H2,1-3H3;4,6-7H,5H2,1-3H3;3-5,7H,6H2,1-2H3,(H,15,16)/t2*11-;2*8-;;;7-/m1010..0/s1. The number of fused-ring (bicyclic) bond motifs is 7. The maximum absolute atomic E-state index is 14.2. The molecule has 8 heterocycles. The third-order valence-electron chi connectivity index (χ3n) is 25.6. The predicted octanol–water partition coefficient (Wildman–Crippen LogP) is 15.8. The van der Waals surface area contributed by atoms with Crippen LogP contribution in [0.1, 0.15) is 241 Å². The zero-order valence-corrected chi connectivity index (χ0v) is 80.6. The van der Waals surface area contributed by atoms with E-state index in [1.54, 1.807) is 193 Å². The van der Waals surface area contributed by atoms with Crippen molar-refractivity contribution < 1.29 is 109 Å². The highest BCUT2D eigenvalue weighted by molar-refractivity contribution is 6.31. The fraction of sp³-hybridized carbons (Fsp3) is 0.337. The number of carbonyl (C=O) groups is 14. The van der Waals surface area contributed by atoms with Gasteiger partial charge in [0.15, 0.2) is 0 Å². The molecular formula is C101H108Cl2F2N10O21. The van der Waals surface area contributed by atoms with Crippen molar-refractivity contribution in [2.45, 2.75) is 136 Å². The normalized spacial score (nSPS) is 18.0. The van der Waals surface area contributed by atoms with Crippen LogP contribution < -0.4 is 9.80 Å². The predicted molar refractivity (Wildman–Crippen MR) is 501 cm³/mol. The number of amides is 9. The lowest BCUT2D eigenvalue weighted by Gasteiger charge is -2.39. The number of aromatic carboxylic acids is 1. The number of anilines is 2. The second kappa shape index (κ2) is 44.6. The number of benzene rings is 8. The Morgan fingerprint density at radius 2 is 0.574 bits per heavy atom. The maximum Gasteiger partial charge on any atom is 0.339 e. The lowest BCUT2D eigenvalue weighted by Crippen LogP contribution is -2.46. The number of ether oxygens (including phenoxy) is 6. The van der Waals surface area contributed by atoms with Crippen molar-refractivity contribution in [2.24, 2.45) is 0 Å². The van der Waals surface area contributed by atoms with E-state index in [-0.39, 0.29) is 154 Å². The minimum atomic E-state index is -0.957. The van der Waals surface area contributed by atoms with Crippen LogP contribution in [0.2, 0.25) is 10.0 Å². The first-order valence-electron chi connectivity index (χ1n) is 43.1. The highest BCUT2D eigenvalue weighted by Crippen LogP contribution is 2.42. The Labute approximate surface area is 796 Å². The second-order valence-electron chi connectivity index (χ2n) is 33.2. The summed E-state index contributed by atoms with van der Waals surface area (Å²) >= 11 is 12.3. The summed E-state index contributed by atoms with van der Waals surface area (Å²) in [5.74, 6) is -4.19. The van der Waals surface area contributed by atoms with Gasteiger partial charge >= 0.3 is 53.8 Å². The van der Waals surface area contributed by atoms with Gasteiger partial charge in [-0.25, -0.2) is 51.9 Å². The summed E-state index contributed by atoms with van der Waals surface area (Å²) in [4.78, 5) is 183. The van der Waals surface area contributed by atoms with E-state index in [2.05, 4.69) is 23.9 Å². The van der Waals surface area contributed by atoms with Gasteiger partial charge in [-0.1, -0.05) is 71.7 Å². The zero-order valence-electron chi connectivity index (χ0n) is 79.1. The molecule has 0 fully saturated rings. The van der Waals surface area contributed by atoms with E-state index in [1.165, 1.54) is 82.9 Å². The van der Waals surface area contributed by atoms with E-state index in [0.29, 0.717) is 64.0 Å². The van der Waals surface area contributed by atoms with Crippen molar-refractivity contribution in [3.63, 3.8) is 0 Å². The molecule has 1 N–H and O–H groups in total. The maximum atomic E-state index is 14.2. The monoisotopic (exact) mass is 1900 g/mol. The van der Waals surface area contributed by atoms with Crippen LogP contribution in [0.25, 0.3) is 0 Å². The van der Waals surface area contributed by atoms with Crippen LogP contribution >= 0.6 is 23.2 Å². The molecular weight excluding hydrogens is 1800 g/mol. The van der Waals surface area contributed by atoms with Gasteiger partial charge in [0, 0.05) is 76.7 Å². The summed E-state index contributed by atoms with van der Waals surface area (Å²) in [6.07, 6.45) is 3.11. The van der Waals surface area contributed by atoms with Gasteiger partial charge < -0.3 is 67.8 Å². The molecule has 136 heavy (non-hydrogen) atoms. The number of carboxylic acid groups (broad SMARTS) is 1. The summed E-state index contributed by atoms with van der Waals surface area (Å²) < 4.78 is 56.6. The summed E-state index contributed by atoms with van der Waals surface area (Å²) in [5, 5.41) is 9.36. The van der Waals surface area contributed by atoms with Gasteiger partial charge in [-0.3, -0.25) is 38.8 Å². The fourth-order valence-electron chi connectivity index (χ4n) is 16.4. The number of hydrogen-bond donors (Lipinski definition) is 1. The topological polar surface area (TPSA) is 357 Å². The molecule has 16 rings (SSSR count). The van der Waals surface area contributed by atoms with Gasteiger partial charge in [0.05, 0.1) is 186 Å². The molecule has 0 saturated carbocycles. The molecule has 7 atom stereocenters. The molecule has 7 aliphatic rings. The average Bonchev–Trinajstić information content (AvgIpc) is 0.760. The molecule has 8 aromatic carbocycles. The SMILES string of the molecule is COC(=O)c1ccc2c(c1)CC(=O)N(C)C2C.COC(=O)c1ccc2c(c1)CC(=O)N(C)[C@@H]2C.COC(=O)c1ccc2c(c1)CC(=O)N(C)[C@H]2C.COC(=O)c1ccc2c(c1)N(Cc1c(F)cccc1Cl)C(=O)N(C)[C@@H]2C.COC(=O)c1ccc2c(c1)N(Cc1c(F)cccc1Cl)C(=O)N(C)[C@H]2C.COC(=O)c1cnc2c(c1)CC(=O)N(C)C2C.C[C@H]1c2ccc(C(=O)O)cc2CC(=O)N1C. The molecule has 0 radical (unpaired) electrons. The van der Waals surface area contributed by atoms with Crippen LogP contribution in [0.3, 0.4) is 0 Å².